The molecule has 0 bridgehead atoms. The number of imidazole rings is 2. The molecule has 0 radical (unpaired) electrons. The molecular weight excluding hydrogens is 814 g/mol. The first-order chi connectivity index (χ1) is 28.3. The number of rotatable bonds is 11. The maximum atomic E-state index is 7.11. The summed E-state index contributed by atoms with van der Waals surface area (Å²) in [6, 6.07) is 41.6. The van der Waals surface area contributed by atoms with E-state index in [1.807, 2.05) is 143 Å². The molecule has 0 atom stereocenters. The molecule has 0 saturated carbocycles. The van der Waals surface area contributed by atoms with E-state index < -0.39 is 0 Å². The van der Waals surface area contributed by atoms with Crippen LogP contribution in [0.1, 0.15) is 0 Å². The molecule has 0 spiro atoms. The van der Waals surface area contributed by atoms with E-state index in [9.17, 15) is 0 Å². The van der Waals surface area contributed by atoms with Crippen molar-refractivity contribution in [1.29, 1.82) is 0 Å². The lowest BCUT2D eigenvalue weighted by Gasteiger charge is -2.21. The molecule has 8 nitrogen and oxygen atoms in total. The van der Waals surface area contributed by atoms with Gasteiger partial charge in [-0.25, -0.2) is 19.3 Å². The van der Waals surface area contributed by atoms with Crippen molar-refractivity contribution in [1.82, 2.24) is 19.3 Å². The highest BCUT2D eigenvalue weighted by atomic mass is 35.5. The molecule has 2 aromatic heterocycles. The molecule has 12 heteroatoms. The van der Waals surface area contributed by atoms with Gasteiger partial charge < -0.3 is 18.9 Å². The minimum absolute atomic E-state index is 0.469. The molecule has 8 aromatic rings. The van der Waals surface area contributed by atoms with E-state index in [0.29, 0.717) is 99.8 Å². The van der Waals surface area contributed by atoms with Gasteiger partial charge in [-0.05, 0) is 72.8 Å². The monoisotopic (exact) mass is 846 g/mol. The summed E-state index contributed by atoms with van der Waals surface area (Å²) in [5.74, 6) is 3.06. The van der Waals surface area contributed by atoms with Gasteiger partial charge in [0.1, 0.15) is 11.4 Å². The summed E-state index contributed by atoms with van der Waals surface area (Å²) in [5.41, 5.74) is 6.45. The number of benzene rings is 6. The Hall–Kier alpha value is -5.90. The Balaban J connectivity index is 1.65. The van der Waals surface area contributed by atoms with Gasteiger partial charge in [-0.1, -0.05) is 107 Å². The molecule has 0 N–H and O–H groups in total. The summed E-state index contributed by atoms with van der Waals surface area (Å²) in [5, 5.41) is 1.93. The van der Waals surface area contributed by atoms with Gasteiger partial charge in [0.25, 0.3) is 0 Å². The fraction of sp³-hybridized carbons (Fsp3) is 0.0870. The van der Waals surface area contributed by atoms with Gasteiger partial charge in [0, 0.05) is 33.4 Å². The molecule has 0 aliphatic rings. The van der Waals surface area contributed by atoms with Crippen molar-refractivity contribution in [3.63, 3.8) is 0 Å². The van der Waals surface area contributed by atoms with Crippen LogP contribution in [0.25, 0.3) is 67.8 Å². The summed E-state index contributed by atoms with van der Waals surface area (Å²) in [7, 11) is 6.39. The topological polar surface area (TPSA) is 72.6 Å². The third-order valence-electron chi connectivity index (χ3n) is 9.71. The number of nitrogens with zero attached hydrogens (tertiary/aromatic N) is 4. The maximum absolute atomic E-state index is 7.11. The van der Waals surface area contributed by atoms with Crippen molar-refractivity contribution in [2.45, 2.75) is 0 Å². The van der Waals surface area contributed by atoms with E-state index in [4.69, 9.17) is 75.3 Å². The second-order valence-electron chi connectivity index (χ2n) is 12.9. The Labute approximate surface area is 355 Å². The Morgan fingerprint density at radius 1 is 0.379 bits per heavy atom. The third kappa shape index (κ3) is 6.92. The molecule has 0 amide bonds. The van der Waals surface area contributed by atoms with Crippen LogP contribution in [-0.4, -0.2) is 47.8 Å². The van der Waals surface area contributed by atoms with Crippen LogP contribution in [0.5, 0.6) is 23.0 Å². The molecule has 0 unspecified atom stereocenters. The zero-order valence-corrected chi connectivity index (χ0v) is 34.7. The van der Waals surface area contributed by atoms with E-state index in [1.165, 1.54) is 0 Å². The van der Waals surface area contributed by atoms with E-state index >= 15 is 0 Å². The zero-order chi connectivity index (χ0) is 40.5. The second-order valence-corrected chi connectivity index (χ2v) is 14.6. The first kappa shape index (κ1) is 38.9. The van der Waals surface area contributed by atoms with Crippen LogP contribution < -0.4 is 18.9 Å². The van der Waals surface area contributed by atoms with Gasteiger partial charge in [0.05, 0.1) is 59.9 Å². The number of ether oxygens (including phenoxy) is 4. The van der Waals surface area contributed by atoms with Gasteiger partial charge in [0.15, 0.2) is 34.6 Å². The predicted molar refractivity (Wildman–Crippen MR) is 234 cm³/mol. The average Bonchev–Trinajstić information content (AvgIpc) is 3.83. The van der Waals surface area contributed by atoms with Crippen molar-refractivity contribution >= 4 is 46.4 Å². The Kier molecular flexibility index (Phi) is 11.1. The van der Waals surface area contributed by atoms with Gasteiger partial charge in [0.2, 0.25) is 0 Å². The first-order valence-electron chi connectivity index (χ1n) is 18.0. The van der Waals surface area contributed by atoms with Crippen molar-refractivity contribution in [3.8, 4) is 90.8 Å². The van der Waals surface area contributed by atoms with Crippen LogP contribution in [-0.2, 0) is 0 Å². The highest BCUT2D eigenvalue weighted by Crippen LogP contribution is 2.47. The molecule has 0 fully saturated rings. The van der Waals surface area contributed by atoms with Crippen molar-refractivity contribution in [3.05, 3.63) is 154 Å². The number of aromatic nitrogens is 4. The average molecular weight is 849 g/mol. The minimum Gasteiger partial charge on any atom is -0.493 e. The molecule has 2 heterocycles. The highest BCUT2D eigenvalue weighted by Gasteiger charge is 2.32. The number of hydrogen-bond acceptors (Lipinski definition) is 6. The van der Waals surface area contributed by atoms with Crippen LogP contribution in [0, 0.1) is 0 Å². The zero-order valence-electron chi connectivity index (χ0n) is 31.6. The number of halogens is 4. The van der Waals surface area contributed by atoms with Crippen LogP contribution in [0.2, 0.25) is 20.1 Å². The Bertz CT molecular complexity index is 2630. The minimum atomic E-state index is 0.469. The molecule has 6 aromatic carbocycles. The lowest BCUT2D eigenvalue weighted by atomic mass is 10.0. The van der Waals surface area contributed by atoms with Crippen LogP contribution in [0.4, 0.5) is 0 Å². The van der Waals surface area contributed by atoms with E-state index in [-0.39, 0.29) is 0 Å². The van der Waals surface area contributed by atoms with Crippen LogP contribution in [0.15, 0.2) is 133 Å². The molecule has 290 valence electrons. The summed E-state index contributed by atoms with van der Waals surface area (Å²) in [6.45, 7) is 0. The third-order valence-corrected chi connectivity index (χ3v) is 11.0. The smallest absolute Gasteiger partial charge is 0.162 e. The van der Waals surface area contributed by atoms with Crippen molar-refractivity contribution in [2.75, 3.05) is 28.4 Å². The highest BCUT2D eigenvalue weighted by molar-refractivity contribution is 6.34. The van der Waals surface area contributed by atoms with Crippen molar-refractivity contribution < 1.29 is 18.9 Å². The standard InChI is InChI=1S/C46H34Cl4N4O4/c1-55-37-23-21-27(25-39(37)57-3)43-41(29-13-5-9-17-33(29)47)51-45(31-15-7-11-19-35(31)49)53(43)54-44(28-22-24-38(56-2)40(26-28)58-4)42(30-14-6-10-18-34(30)48)52-46(54)32-16-8-12-20-36(32)50/h5-26H,1-4H3. The lowest BCUT2D eigenvalue weighted by molar-refractivity contribution is 0.355. The first-order valence-corrected chi connectivity index (χ1v) is 19.5. The lowest BCUT2D eigenvalue weighted by Crippen LogP contribution is -2.16. The fourth-order valence-corrected chi connectivity index (χ4v) is 7.91. The molecule has 0 aliphatic heterocycles. The van der Waals surface area contributed by atoms with E-state index in [0.717, 1.165) is 11.1 Å². The van der Waals surface area contributed by atoms with Gasteiger partial charge in [-0.3, -0.25) is 0 Å². The Morgan fingerprint density at radius 2 is 0.690 bits per heavy atom. The summed E-state index contributed by atoms with van der Waals surface area (Å²) in [4.78, 5) is 10.9. The molecular formula is C46H34Cl4N4O4. The van der Waals surface area contributed by atoms with Gasteiger partial charge in [-0.15, -0.1) is 0 Å². The molecule has 0 saturated heterocycles. The Morgan fingerprint density at radius 3 is 1.00 bits per heavy atom. The quantitative estimate of drug-likeness (QED) is 0.129. The summed E-state index contributed by atoms with van der Waals surface area (Å²) in [6.07, 6.45) is 0. The molecule has 8 rings (SSSR count). The second kappa shape index (κ2) is 16.5. The van der Waals surface area contributed by atoms with Crippen molar-refractivity contribution in [2.24, 2.45) is 0 Å². The van der Waals surface area contributed by atoms with Gasteiger partial charge in [-0.2, -0.15) is 0 Å². The van der Waals surface area contributed by atoms with Crippen LogP contribution in [0.3, 0.4) is 0 Å². The van der Waals surface area contributed by atoms with Gasteiger partial charge >= 0.3 is 0 Å². The SMILES string of the molecule is COc1ccc(-c2c(-c3ccccc3Cl)nc(-c3ccccc3Cl)n2-n2c(-c3ccccc3Cl)nc(-c3ccccc3Cl)c2-c2ccc(OC)c(OC)c2)cc1OC. The normalized spacial score (nSPS) is 11.1. The summed E-state index contributed by atoms with van der Waals surface area (Å²) >= 11 is 28.3. The molecule has 0 aliphatic carbocycles. The van der Waals surface area contributed by atoms with E-state index in [2.05, 4.69) is 0 Å². The van der Waals surface area contributed by atoms with E-state index in [1.54, 1.807) is 28.4 Å². The number of methoxy groups -OCH3 is 4. The fourth-order valence-electron chi connectivity index (χ4n) is 7.02. The predicted octanol–water partition coefficient (Wildman–Crippen LogP) is 13.0. The molecule has 58 heavy (non-hydrogen) atoms. The largest absolute Gasteiger partial charge is 0.493 e. The number of hydrogen-bond donors (Lipinski definition) is 0. The maximum Gasteiger partial charge on any atom is 0.162 e. The summed E-state index contributed by atoms with van der Waals surface area (Å²) < 4.78 is 27.1. The van der Waals surface area contributed by atoms with Crippen LogP contribution >= 0.6 is 46.4 Å².